The van der Waals surface area contributed by atoms with E-state index in [0.29, 0.717) is 11.6 Å². The van der Waals surface area contributed by atoms with Crippen LogP contribution in [0, 0.1) is 0 Å². The quantitative estimate of drug-likeness (QED) is 0.820. The van der Waals surface area contributed by atoms with Crippen molar-refractivity contribution in [1.29, 1.82) is 0 Å². The molecule has 1 aliphatic rings. The van der Waals surface area contributed by atoms with Gasteiger partial charge in [0.2, 0.25) is 6.10 Å². The number of nitrogens with one attached hydrogen (secondary N) is 1. The van der Waals surface area contributed by atoms with E-state index in [4.69, 9.17) is 4.74 Å². The number of nitrogens with zero attached hydrogens (tertiary/aromatic N) is 1. The molecule has 80 valence electrons. The fourth-order valence-corrected chi connectivity index (χ4v) is 2.32. The average molecular weight is 232 g/mol. The zero-order valence-corrected chi connectivity index (χ0v) is 9.03. The summed E-state index contributed by atoms with van der Waals surface area (Å²) in [4.78, 5) is 16.7. The first-order valence-corrected chi connectivity index (χ1v) is 5.68. The highest BCUT2D eigenvalue weighted by atomic mass is 32.1. The van der Waals surface area contributed by atoms with Crippen molar-refractivity contribution in [3.8, 4) is 5.75 Å². The predicted molar refractivity (Wildman–Crippen MR) is 60.6 cm³/mol. The number of carbonyl (C=O) groups excluding carboxylic acids is 1. The minimum Gasteiger partial charge on any atom is -0.471 e. The molecule has 2 aromatic rings. The third-order valence-electron chi connectivity index (χ3n) is 2.30. The Hall–Kier alpha value is -1.88. The Bertz CT molecular complexity index is 525. The van der Waals surface area contributed by atoms with Crippen molar-refractivity contribution in [3.05, 3.63) is 40.7 Å². The second-order valence-electron chi connectivity index (χ2n) is 3.35. The molecule has 2 aromatic heterocycles. The van der Waals surface area contributed by atoms with Crippen LogP contribution in [-0.2, 0) is 4.79 Å². The van der Waals surface area contributed by atoms with Gasteiger partial charge in [-0.3, -0.25) is 4.79 Å². The highest BCUT2D eigenvalue weighted by molar-refractivity contribution is 7.10. The molecule has 0 fully saturated rings. The monoisotopic (exact) mass is 232 g/mol. The molecule has 0 aromatic carbocycles. The molecule has 3 rings (SSSR count). The summed E-state index contributed by atoms with van der Waals surface area (Å²) in [7, 11) is 0. The standard InChI is InChI=1S/C11H8N2O2S/c14-11-9(8-4-2-6-16-8)15-7-3-1-5-12-10(7)13-11/h1-6,9H,(H,12,13,14). The summed E-state index contributed by atoms with van der Waals surface area (Å²) >= 11 is 1.50. The number of hydrogen-bond donors (Lipinski definition) is 1. The van der Waals surface area contributed by atoms with Gasteiger partial charge >= 0.3 is 0 Å². The largest absolute Gasteiger partial charge is 0.471 e. The van der Waals surface area contributed by atoms with E-state index >= 15 is 0 Å². The summed E-state index contributed by atoms with van der Waals surface area (Å²) in [6, 6.07) is 7.36. The number of pyridine rings is 1. The van der Waals surface area contributed by atoms with Gasteiger partial charge in [0.1, 0.15) is 0 Å². The second kappa shape index (κ2) is 3.61. The maximum Gasteiger partial charge on any atom is 0.272 e. The lowest BCUT2D eigenvalue weighted by atomic mass is 10.2. The topological polar surface area (TPSA) is 51.2 Å². The Kier molecular flexibility index (Phi) is 2.11. The summed E-state index contributed by atoms with van der Waals surface area (Å²) in [6.07, 6.45) is 1.06. The van der Waals surface area contributed by atoms with E-state index in [1.165, 1.54) is 11.3 Å². The zero-order valence-electron chi connectivity index (χ0n) is 8.21. The summed E-state index contributed by atoms with van der Waals surface area (Å²) in [5.41, 5.74) is 0. The normalized spacial score (nSPS) is 18.5. The minimum absolute atomic E-state index is 0.173. The molecule has 1 amide bonds. The molecular formula is C11H8N2O2S. The Morgan fingerprint density at radius 1 is 1.38 bits per heavy atom. The first-order chi connectivity index (χ1) is 7.84. The maximum absolute atomic E-state index is 11.8. The van der Waals surface area contributed by atoms with Crippen molar-refractivity contribution in [2.24, 2.45) is 0 Å². The van der Waals surface area contributed by atoms with Crippen molar-refractivity contribution in [3.63, 3.8) is 0 Å². The Morgan fingerprint density at radius 3 is 3.12 bits per heavy atom. The highest BCUT2D eigenvalue weighted by Gasteiger charge is 2.30. The van der Waals surface area contributed by atoms with E-state index in [9.17, 15) is 4.79 Å². The first kappa shape index (κ1) is 9.35. The van der Waals surface area contributed by atoms with Gasteiger partial charge in [0.05, 0.1) is 4.88 Å². The molecular weight excluding hydrogens is 224 g/mol. The number of ether oxygens (including phenoxy) is 1. The SMILES string of the molecule is O=C1Nc2ncccc2OC1c1cccs1. The van der Waals surface area contributed by atoms with E-state index in [0.717, 1.165) is 4.88 Å². The lowest BCUT2D eigenvalue weighted by Crippen LogP contribution is -2.30. The smallest absolute Gasteiger partial charge is 0.272 e. The predicted octanol–water partition coefficient (Wildman–Crippen LogP) is 2.22. The number of rotatable bonds is 1. The molecule has 1 atom stereocenters. The summed E-state index contributed by atoms with van der Waals surface area (Å²) in [5.74, 6) is 0.925. The third kappa shape index (κ3) is 1.45. The van der Waals surface area contributed by atoms with Crippen LogP contribution in [0.15, 0.2) is 35.8 Å². The van der Waals surface area contributed by atoms with E-state index in [1.807, 2.05) is 17.5 Å². The van der Waals surface area contributed by atoms with Gasteiger partial charge < -0.3 is 10.1 Å². The fourth-order valence-electron chi connectivity index (χ4n) is 1.57. The van der Waals surface area contributed by atoms with Crippen molar-refractivity contribution in [1.82, 2.24) is 4.98 Å². The van der Waals surface area contributed by atoms with Gasteiger partial charge in [0.15, 0.2) is 11.6 Å². The van der Waals surface area contributed by atoms with Crippen LogP contribution in [0.5, 0.6) is 5.75 Å². The number of fused-ring (bicyclic) bond motifs is 1. The molecule has 0 aliphatic carbocycles. The summed E-state index contributed by atoms with van der Waals surface area (Å²) in [5, 5.41) is 4.65. The van der Waals surface area contributed by atoms with E-state index in [2.05, 4.69) is 10.3 Å². The number of amides is 1. The van der Waals surface area contributed by atoms with Gasteiger partial charge in [-0.1, -0.05) is 6.07 Å². The minimum atomic E-state index is -0.559. The molecule has 3 heterocycles. The van der Waals surface area contributed by atoms with Crippen molar-refractivity contribution in [2.75, 3.05) is 5.32 Å². The fraction of sp³-hybridized carbons (Fsp3) is 0.0909. The Balaban J connectivity index is 1.98. The van der Waals surface area contributed by atoms with E-state index in [1.54, 1.807) is 18.3 Å². The lowest BCUT2D eigenvalue weighted by Gasteiger charge is -2.23. The molecule has 0 spiro atoms. The second-order valence-corrected chi connectivity index (χ2v) is 4.33. The molecule has 5 heteroatoms. The van der Waals surface area contributed by atoms with Gasteiger partial charge in [-0.05, 0) is 23.6 Å². The number of carbonyl (C=O) groups is 1. The van der Waals surface area contributed by atoms with Gasteiger partial charge in [-0.2, -0.15) is 0 Å². The van der Waals surface area contributed by atoms with Crippen molar-refractivity contribution < 1.29 is 9.53 Å². The van der Waals surface area contributed by atoms with Crippen molar-refractivity contribution >= 4 is 23.1 Å². The van der Waals surface area contributed by atoms with Crippen LogP contribution in [0.25, 0.3) is 0 Å². The first-order valence-electron chi connectivity index (χ1n) is 4.80. The average Bonchev–Trinajstić information content (AvgIpc) is 2.81. The van der Waals surface area contributed by atoms with Gasteiger partial charge in [-0.25, -0.2) is 4.98 Å². The molecule has 0 radical (unpaired) electrons. The molecule has 1 aliphatic heterocycles. The van der Waals surface area contributed by atoms with Crippen LogP contribution in [0.2, 0.25) is 0 Å². The lowest BCUT2D eigenvalue weighted by molar-refractivity contribution is -0.123. The summed E-state index contributed by atoms with van der Waals surface area (Å²) < 4.78 is 5.62. The van der Waals surface area contributed by atoms with Crippen LogP contribution >= 0.6 is 11.3 Å². The number of hydrogen-bond acceptors (Lipinski definition) is 4. The molecule has 0 saturated carbocycles. The summed E-state index contributed by atoms with van der Waals surface area (Å²) in [6.45, 7) is 0. The van der Waals surface area contributed by atoms with Crippen LogP contribution in [0.1, 0.15) is 11.0 Å². The number of thiophene rings is 1. The maximum atomic E-state index is 11.8. The van der Waals surface area contributed by atoms with Gasteiger partial charge in [0, 0.05) is 6.20 Å². The molecule has 0 bridgehead atoms. The van der Waals surface area contributed by atoms with Crippen LogP contribution in [-0.4, -0.2) is 10.9 Å². The zero-order chi connectivity index (χ0) is 11.0. The van der Waals surface area contributed by atoms with Gasteiger partial charge in [0.25, 0.3) is 5.91 Å². The molecule has 4 nitrogen and oxygen atoms in total. The Morgan fingerprint density at radius 2 is 2.31 bits per heavy atom. The molecule has 0 saturated heterocycles. The highest BCUT2D eigenvalue weighted by Crippen LogP contribution is 2.34. The Labute approximate surface area is 95.9 Å². The van der Waals surface area contributed by atoms with Crippen molar-refractivity contribution in [2.45, 2.75) is 6.10 Å². The number of anilines is 1. The van der Waals surface area contributed by atoms with Gasteiger partial charge in [-0.15, -0.1) is 11.3 Å². The third-order valence-corrected chi connectivity index (χ3v) is 3.21. The van der Waals surface area contributed by atoms with Crippen LogP contribution < -0.4 is 10.1 Å². The van der Waals surface area contributed by atoms with E-state index in [-0.39, 0.29) is 5.91 Å². The number of aromatic nitrogens is 1. The van der Waals surface area contributed by atoms with E-state index < -0.39 is 6.10 Å². The molecule has 1 unspecified atom stereocenters. The van der Waals surface area contributed by atoms with Crippen LogP contribution in [0.3, 0.4) is 0 Å². The van der Waals surface area contributed by atoms with Crippen LogP contribution in [0.4, 0.5) is 5.82 Å². The molecule has 16 heavy (non-hydrogen) atoms. The molecule has 1 N–H and O–H groups in total.